The van der Waals surface area contributed by atoms with Crippen molar-refractivity contribution in [2.75, 3.05) is 19.0 Å². The number of aromatic nitrogens is 1. The van der Waals surface area contributed by atoms with Gasteiger partial charge in [0.05, 0.1) is 12.2 Å². The Morgan fingerprint density at radius 1 is 1.69 bits per heavy atom. The van der Waals surface area contributed by atoms with Gasteiger partial charge in [0.25, 0.3) is 0 Å². The summed E-state index contributed by atoms with van der Waals surface area (Å²) >= 11 is 1.62. The lowest BCUT2D eigenvalue weighted by atomic mass is 10.5. The molecule has 6 heteroatoms. The first-order chi connectivity index (χ1) is 7.65. The van der Waals surface area contributed by atoms with Crippen LogP contribution in [0.3, 0.4) is 0 Å². The second-order valence-electron chi connectivity index (χ2n) is 4.14. The lowest BCUT2D eigenvalue weighted by molar-refractivity contribution is 0.873. The molecule has 3 N–H and O–H groups in total. The van der Waals surface area contributed by atoms with Crippen LogP contribution in [-0.2, 0) is 6.54 Å². The second kappa shape index (κ2) is 4.69. The fourth-order valence-electron chi connectivity index (χ4n) is 1.22. The Kier molecular flexibility index (Phi) is 3.28. The smallest absolute Gasteiger partial charge is 0.189 e. The molecule has 1 aliphatic rings. The van der Waals surface area contributed by atoms with Crippen LogP contribution in [0, 0.1) is 0 Å². The van der Waals surface area contributed by atoms with E-state index in [1.807, 2.05) is 24.4 Å². The quantitative estimate of drug-likeness (QED) is 0.602. The van der Waals surface area contributed by atoms with E-state index in [2.05, 4.69) is 15.3 Å². The van der Waals surface area contributed by atoms with Crippen molar-refractivity contribution in [3.8, 4) is 0 Å². The molecule has 16 heavy (non-hydrogen) atoms. The third kappa shape index (κ3) is 3.10. The van der Waals surface area contributed by atoms with Gasteiger partial charge >= 0.3 is 0 Å². The van der Waals surface area contributed by atoms with Crippen molar-refractivity contribution in [1.82, 2.24) is 10.3 Å². The predicted molar refractivity (Wildman–Crippen MR) is 67.9 cm³/mol. The van der Waals surface area contributed by atoms with E-state index >= 15 is 0 Å². The van der Waals surface area contributed by atoms with Crippen LogP contribution in [0.4, 0.5) is 5.13 Å². The number of hydrogen-bond donors (Lipinski definition) is 2. The summed E-state index contributed by atoms with van der Waals surface area (Å²) in [6.45, 7) is 0.551. The monoisotopic (exact) mass is 239 g/mol. The number of nitrogens with one attached hydrogen (secondary N) is 1. The number of rotatable bonds is 4. The molecular formula is C10H17N5S. The van der Waals surface area contributed by atoms with E-state index in [4.69, 9.17) is 5.73 Å². The number of nitrogens with zero attached hydrogens (tertiary/aromatic N) is 3. The topological polar surface area (TPSA) is 66.5 Å². The SMILES string of the molecule is CN(C)c1nc(CN=C(N)NC2CC2)cs1. The van der Waals surface area contributed by atoms with Crippen molar-refractivity contribution in [2.24, 2.45) is 10.7 Å². The minimum atomic E-state index is 0.530. The van der Waals surface area contributed by atoms with Gasteiger partial charge in [0.2, 0.25) is 0 Å². The molecule has 1 aromatic rings. The maximum Gasteiger partial charge on any atom is 0.189 e. The van der Waals surface area contributed by atoms with E-state index in [-0.39, 0.29) is 0 Å². The highest BCUT2D eigenvalue weighted by atomic mass is 32.1. The Labute approximate surface area is 99.4 Å². The molecule has 0 spiro atoms. The molecule has 0 saturated heterocycles. The fourth-order valence-corrected chi connectivity index (χ4v) is 1.97. The first-order valence-corrected chi connectivity index (χ1v) is 6.21. The number of nitrogens with two attached hydrogens (primary N) is 1. The molecule has 1 aliphatic carbocycles. The average Bonchev–Trinajstić information content (AvgIpc) is 2.91. The number of guanidine groups is 1. The van der Waals surface area contributed by atoms with Gasteiger partial charge < -0.3 is 16.0 Å². The minimum Gasteiger partial charge on any atom is -0.370 e. The van der Waals surface area contributed by atoms with Crippen molar-refractivity contribution in [3.63, 3.8) is 0 Å². The molecule has 0 amide bonds. The van der Waals surface area contributed by atoms with Gasteiger partial charge in [-0.25, -0.2) is 9.98 Å². The molecule has 5 nitrogen and oxygen atoms in total. The number of thiazole rings is 1. The van der Waals surface area contributed by atoms with Crippen molar-refractivity contribution in [2.45, 2.75) is 25.4 Å². The molecule has 1 aromatic heterocycles. The Morgan fingerprint density at radius 3 is 3.00 bits per heavy atom. The van der Waals surface area contributed by atoms with Gasteiger partial charge in [-0.15, -0.1) is 11.3 Å². The van der Waals surface area contributed by atoms with Crippen LogP contribution >= 0.6 is 11.3 Å². The van der Waals surface area contributed by atoms with Crippen LogP contribution in [0.5, 0.6) is 0 Å². The van der Waals surface area contributed by atoms with Crippen molar-refractivity contribution in [3.05, 3.63) is 11.1 Å². The van der Waals surface area contributed by atoms with Gasteiger partial charge in [-0.05, 0) is 12.8 Å². The number of hydrogen-bond acceptors (Lipinski definition) is 4. The van der Waals surface area contributed by atoms with E-state index in [1.165, 1.54) is 12.8 Å². The highest BCUT2D eigenvalue weighted by Crippen LogP contribution is 2.19. The standard InChI is InChI=1S/C10H17N5S/c1-15(2)10-14-8(6-16-10)5-12-9(11)13-7-3-4-7/h6-7H,3-5H2,1-2H3,(H3,11,12,13). The minimum absolute atomic E-state index is 0.530. The zero-order valence-electron chi connectivity index (χ0n) is 9.60. The maximum atomic E-state index is 5.73. The van der Waals surface area contributed by atoms with Crippen molar-refractivity contribution < 1.29 is 0 Å². The predicted octanol–water partition coefficient (Wildman–Crippen LogP) is 0.776. The van der Waals surface area contributed by atoms with Crippen LogP contribution in [0.25, 0.3) is 0 Å². The lowest BCUT2D eigenvalue weighted by Gasteiger charge is -2.05. The molecule has 88 valence electrons. The molecule has 0 unspecified atom stereocenters. The Bertz CT molecular complexity index is 380. The average molecular weight is 239 g/mol. The molecule has 0 aromatic carbocycles. The summed E-state index contributed by atoms with van der Waals surface area (Å²) in [4.78, 5) is 10.7. The van der Waals surface area contributed by atoms with Gasteiger partial charge in [0, 0.05) is 25.5 Å². The van der Waals surface area contributed by atoms with E-state index in [1.54, 1.807) is 11.3 Å². The van der Waals surface area contributed by atoms with Gasteiger partial charge in [-0.1, -0.05) is 0 Å². The molecular weight excluding hydrogens is 222 g/mol. The summed E-state index contributed by atoms with van der Waals surface area (Å²) in [5, 5.41) is 6.16. The third-order valence-corrected chi connectivity index (χ3v) is 3.32. The lowest BCUT2D eigenvalue weighted by Crippen LogP contribution is -2.33. The molecule has 0 aliphatic heterocycles. The van der Waals surface area contributed by atoms with Crippen LogP contribution < -0.4 is 16.0 Å². The highest BCUT2D eigenvalue weighted by molar-refractivity contribution is 7.13. The molecule has 0 bridgehead atoms. The van der Waals surface area contributed by atoms with Gasteiger partial charge in [0.1, 0.15) is 0 Å². The highest BCUT2D eigenvalue weighted by Gasteiger charge is 2.21. The summed E-state index contributed by atoms with van der Waals surface area (Å²) in [7, 11) is 3.96. The molecule has 1 saturated carbocycles. The van der Waals surface area contributed by atoms with E-state index in [0.717, 1.165) is 10.8 Å². The van der Waals surface area contributed by atoms with Crippen molar-refractivity contribution in [1.29, 1.82) is 0 Å². The molecule has 0 radical (unpaired) electrons. The fraction of sp³-hybridized carbons (Fsp3) is 0.600. The zero-order chi connectivity index (χ0) is 11.5. The van der Waals surface area contributed by atoms with Crippen LogP contribution in [0.15, 0.2) is 10.4 Å². The molecule has 2 rings (SSSR count). The zero-order valence-corrected chi connectivity index (χ0v) is 10.4. The van der Waals surface area contributed by atoms with E-state index in [0.29, 0.717) is 18.5 Å². The van der Waals surface area contributed by atoms with Crippen LogP contribution in [0.1, 0.15) is 18.5 Å². The molecule has 1 heterocycles. The van der Waals surface area contributed by atoms with Gasteiger partial charge in [0.15, 0.2) is 11.1 Å². The first-order valence-electron chi connectivity index (χ1n) is 5.33. The summed E-state index contributed by atoms with van der Waals surface area (Å²) in [5.74, 6) is 0.530. The van der Waals surface area contributed by atoms with Crippen LogP contribution in [-0.4, -0.2) is 31.1 Å². The largest absolute Gasteiger partial charge is 0.370 e. The Balaban J connectivity index is 1.87. The normalized spacial score (nSPS) is 16.2. The summed E-state index contributed by atoms with van der Waals surface area (Å²) < 4.78 is 0. The summed E-state index contributed by atoms with van der Waals surface area (Å²) in [5.41, 5.74) is 6.70. The number of anilines is 1. The number of aliphatic imine (C=N–C) groups is 1. The van der Waals surface area contributed by atoms with Crippen LogP contribution in [0.2, 0.25) is 0 Å². The second-order valence-corrected chi connectivity index (χ2v) is 4.97. The van der Waals surface area contributed by atoms with Crippen molar-refractivity contribution >= 4 is 22.4 Å². The third-order valence-electron chi connectivity index (χ3n) is 2.26. The molecule has 1 fully saturated rings. The van der Waals surface area contributed by atoms with E-state index in [9.17, 15) is 0 Å². The first kappa shape index (κ1) is 11.2. The Hall–Kier alpha value is -1.30. The molecule has 0 atom stereocenters. The maximum absolute atomic E-state index is 5.73. The van der Waals surface area contributed by atoms with E-state index < -0.39 is 0 Å². The summed E-state index contributed by atoms with van der Waals surface area (Å²) in [6, 6.07) is 0.552. The van der Waals surface area contributed by atoms with Gasteiger partial charge in [-0.2, -0.15) is 0 Å². The summed E-state index contributed by atoms with van der Waals surface area (Å²) in [6.07, 6.45) is 2.41. The van der Waals surface area contributed by atoms with Gasteiger partial charge in [-0.3, -0.25) is 0 Å². The Morgan fingerprint density at radius 2 is 2.44 bits per heavy atom.